The van der Waals surface area contributed by atoms with E-state index in [2.05, 4.69) is 47.9 Å². The van der Waals surface area contributed by atoms with Crippen molar-refractivity contribution in [3.05, 3.63) is 138 Å². The molecule has 0 aromatic heterocycles. The number of anilines is 1. The third-order valence-corrected chi connectivity index (χ3v) is 9.33. The molecule has 1 unspecified atom stereocenters. The van der Waals surface area contributed by atoms with E-state index in [9.17, 15) is 14.4 Å². The summed E-state index contributed by atoms with van der Waals surface area (Å²) < 4.78 is 0. The fraction of sp³-hybridized carbons (Fsp3) is 0.244. The number of likely N-dealkylation sites (tertiary alicyclic amines) is 1. The van der Waals surface area contributed by atoms with Crippen molar-refractivity contribution in [1.82, 2.24) is 15.1 Å². The molecule has 4 N–H and O–H groups in total. The van der Waals surface area contributed by atoms with Crippen LogP contribution in [-0.4, -0.2) is 59.9 Å². The van der Waals surface area contributed by atoms with Crippen LogP contribution in [0.15, 0.2) is 121 Å². The first-order chi connectivity index (χ1) is 23.9. The lowest BCUT2D eigenvalue weighted by molar-refractivity contribution is -0.136. The Balaban J connectivity index is 1.26. The maximum absolute atomic E-state index is 14.4. The van der Waals surface area contributed by atoms with Crippen molar-refractivity contribution in [3.8, 4) is 11.1 Å². The van der Waals surface area contributed by atoms with Gasteiger partial charge in [0.2, 0.25) is 5.91 Å². The molecule has 1 fully saturated rings. The molecule has 4 amide bonds. The molecule has 0 aliphatic carbocycles. The summed E-state index contributed by atoms with van der Waals surface area (Å²) in [6.07, 6.45) is 1.60. The second-order valence-electron chi connectivity index (χ2n) is 12.6. The van der Waals surface area contributed by atoms with Crippen molar-refractivity contribution in [3.63, 3.8) is 0 Å². The van der Waals surface area contributed by atoms with Crippen LogP contribution in [0.5, 0.6) is 0 Å². The highest BCUT2D eigenvalue weighted by molar-refractivity contribution is 6.01. The molecule has 0 radical (unpaired) electrons. The quantitative estimate of drug-likeness (QED) is 0.151. The van der Waals surface area contributed by atoms with Crippen molar-refractivity contribution in [1.29, 1.82) is 0 Å². The van der Waals surface area contributed by atoms with Gasteiger partial charge in [0.15, 0.2) is 0 Å². The van der Waals surface area contributed by atoms with Gasteiger partial charge in [-0.2, -0.15) is 0 Å². The zero-order valence-corrected chi connectivity index (χ0v) is 27.8. The van der Waals surface area contributed by atoms with Crippen LogP contribution in [0.2, 0.25) is 0 Å². The van der Waals surface area contributed by atoms with E-state index in [-0.39, 0.29) is 36.3 Å². The number of rotatable bonds is 10. The summed E-state index contributed by atoms with van der Waals surface area (Å²) in [7, 11) is 0. The molecule has 49 heavy (non-hydrogen) atoms. The molecule has 0 bridgehead atoms. The number of nitrogens with one attached hydrogen (secondary N) is 2. The van der Waals surface area contributed by atoms with Gasteiger partial charge in [0.1, 0.15) is 0 Å². The fourth-order valence-corrected chi connectivity index (χ4v) is 6.76. The third kappa shape index (κ3) is 7.99. The van der Waals surface area contributed by atoms with Crippen molar-refractivity contribution >= 4 is 34.3 Å². The number of carbonyl (C=O) groups excluding carboxylic acids is 3. The second-order valence-corrected chi connectivity index (χ2v) is 12.6. The van der Waals surface area contributed by atoms with Crippen molar-refractivity contribution in [2.75, 3.05) is 31.5 Å². The number of urea groups is 1. The maximum atomic E-state index is 14.4. The van der Waals surface area contributed by atoms with Gasteiger partial charge >= 0.3 is 6.03 Å². The highest BCUT2D eigenvalue weighted by atomic mass is 16.2. The number of hydrogen-bond acceptors (Lipinski definition) is 4. The van der Waals surface area contributed by atoms with Gasteiger partial charge in [0, 0.05) is 43.5 Å². The Morgan fingerprint density at radius 2 is 1.53 bits per heavy atom. The average Bonchev–Trinajstić information content (AvgIpc) is 3.14. The van der Waals surface area contributed by atoms with Gasteiger partial charge in [-0.05, 0) is 77.1 Å². The lowest BCUT2D eigenvalue weighted by atomic mass is 9.93. The van der Waals surface area contributed by atoms with Crippen LogP contribution in [0, 0.1) is 0 Å². The lowest BCUT2D eigenvalue weighted by Crippen LogP contribution is -2.50. The molecule has 1 heterocycles. The number of carbonyl (C=O) groups is 3. The first kappa shape index (κ1) is 33.4. The Bertz CT molecular complexity index is 1920. The van der Waals surface area contributed by atoms with Gasteiger partial charge in [0.05, 0.1) is 12.5 Å². The Morgan fingerprint density at radius 1 is 0.816 bits per heavy atom. The summed E-state index contributed by atoms with van der Waals surface area (Å²) in [6.45, 7) is 3.92. The highest BCUT2D eigenvalue weighted by Gasteiger charge is 2.33. The SMILES string of the molecule is CC(c1cccc(-c2ccccc2C(=O)NCCN)c1)N(C(=O)Cc1ccc2ccccc2c1)C1CCN(C(=O)Nc2ccccc2)CC1. The van der Waals surface area contributed by atoms with E-state index in [1.54, 1.807) is 0 Å². The molecule has 1 atom stereocenters. The van der Waals surface area contributed by atoms with Crippen molar-refractivity contribution in [2.24, 2.45) is 5.73 Å². The van der Waals surface area contributed by atoms with Crippen molar-refractivity contribution in [2.45, 2.75) is 38.3 Å². The minimum atomic E-state index is -0.249. The van der Waals surface area contributed by atoms with Crippen LogP contribution in [0.4, 0.5) is 10.5 Å². The highest BCUT2D eigenvalue weighted by Crippen LogP contribution is 2.32. The van der Waals surface area contributed by atoms with E-state index >= 15 is 0 Å². The molecule has 5 aromatic rings. The van der Waals surface area contributed by atoms with E-state index in [0.717, 1.165) is 38.7 Å². The van der Waals surface area contributed by atoms with Gasteiger partial charge in [-0.1, -0.05) is 97.1 Å². The van der Waals surface area contributed by atoms with Crippen LogP contribution in [0.3, 0.4) is 0 Å². The average molecular weight is 654 g/mol. The topological polar surface area (TPSA) is 108 Å². The molecule has 0 spiro atoms. The summed E-state index contributed by atoms with van der Waals surface area (Å²) in [6, 6.07) is 39.0. The van der Waals surface area contributed by atoms with E-state index in [4.69, 9.17) is 5.73 Å². The first-order valence-electron chi connectivity index (χ1n) is 17.0. The van der Waals surface area contributed by atoms with E-state index in [1.165, 1.54) is 0 Å². The van der Waals surface area contributed by atoms with Crippen molar-refractivity contribution < 1.29 is 14.4 Å². The smallest absolute Gasteiger partial charge is 0.321 e. The summed E-state index contributed by atoms with van der Waals surface area (Å²) in [5.41, 5.74) is 10.6. The van der Waals surface area contributed by atoms with Gasteiger partial charge in [-0.3, -0.25) is 9.59 Å². The fourth-order valence-electron chi connectivity index (χ4n) is 6.76. The number of nitrogens with two attached hydrogens (primary N) is 1. The molecule has 5 aromatic carbocycles. The first-order valence-corrected chi connectivity index (χ1v) is 17.0. The Hall–Kier alpha value is -5.47. The zero-order valence-electron chi connectivity index (χ0n) is 27.8. The van der Waals surface area contributed by atoms with E-state index in [0.29, 0.717) is 44.6 Å². The van der Waals surface area contributed by atoms with Gasteiger partial charge in [0.25, 0.3) is 5.91 Å². The predicted octanol–water partition coefficient (Wildman–Crippen LogP) is 7.02. The van der Waals surface area contributed by atoms with Crippen LogP contribution < -0.4 is 16.4 Å². The Labute approximate surface area is 287 Å². The van der Waals surface area contributed by atoms with Gasteiger partial charge < -0.3 is 26.2 Å². The summed E-state index contributed by atoms with van der Waals surface area (Å²) in [5, 5.41) is 8.12. The molecular weight excluding hydrogens is 610 g/mol. The molecule has 1 aliphatic heterocycles. The number of nitrogens with zero attached hydrogens (tertiary/aromatic N) is 2. The second kappa shape index (κ2) is 15.6. The van der Waals surface area contributed by atoms with Gasteiger partial charge in [-0.25, -0.2) is 4.79 Å². The summed E-state index contributed by atoms with van der Waals surface area (Å²) in [4.78, 5) is 44.3. The third-order valence-electron chi connectivity index (χ3n) is 9.33. The van der Waals surface area contributed by atoms with E-state index in [1.807, 2.05) is 101 Å². The van der Waals surface area contributed by atoms with Crippen LogP contribution in [0.25, 0.3) is 21.9 Å². The molecule has 0 saturated carbocycles. The number of hydrogen-bond donors (Lipinski definition) is 3. The number of benzene rings is 5. The van der Waals surface area contributed by atoms with Crippen LogP contribution in [-0.2, 0) is 11.2 Å². The van der Waals surface area contributed by atoms with Gasteiger partial charge in [-0.15, -0.1) is 0 Å². The monoisotopic (exact) mass is 653 g/mol. The normalized spacial score (nSPS) is 13.9. The molecule has 1 saturated heterocycles. The minimum Gasteiger partial charge on any atom is -0.351 e. The minimum absolute atomic E-state index is 0.0435. The maximum Gasteiger partial charge on any atom is 0.321 e. The Morgan fingerprint density at radius 3 is 2.31 bits per heavy atom. The number of fused-ring (bicyclic) bond motifs is 1. The molecule has 8 nitrogen and oxygen atoms in total. The molecule has 250 valence electrons. The molecule has 6 rings (SSSR count). The molecule has 1 aliphatic rings. The molecular formula is C41H43N5O3. The zero-order chi connectivity index (χ0) is 34.2. The number of amides is 4. The summed E-state index contributed by atoms with van der Waals surface area (Å²) in [5.74, 6) is -0.128. The number of piperidine rings is 1. The predicted molar refractivity (Wildman–Crippen MR) is 196 cm³/mol. The van der Waals surface area contributed by atoms with Crippen LogP contribution in [0.1, 0.15) is 47.3 Å². The number of para-hydroxylation sites is 1. The standard InChI is InChI=1S/C41H43N5O3/c1-29(32-12-9-13-34(28-32)37-16-7-8-17-38(37)40(48)43-23-22-42)46(39(47)27-30-18-19-31-10-5-6-11-33(31)26-30)36-20-24-45(25-21-36)41(49)44-35-14-3-2-4-15-35/h2-19,26,28-29,36H,20-25,27,42H2,1H3,(H,43,48)(H,44,49). The summed E-state index contributed by atoms with van der Waals surface area (Å²) >= 11 is 0. The molecule has 8 heteroatoms. The Kier molecular flexibility index (Phi) is 10.7. The van der Waals surface area contributed by atoms with E-state index < -0.39 is 0 Å². The largest absolute Gasteiger partial charge is 0.351 e. The van der Waals surface area contributed by atoms with Crippen LogP contribution >= 0.6 is 0 Å². The lowest BCUT2D eigenvalue weighted by Gasteiger charge is -2.42.